The molecule has 3 heterocycles. The van der Waals surface area contributed by atoms with Crippen molar-refractivity contribution in [2.24, 2.45) is 0 Å². The molecule has 198 valence electrons. The summed E-state index contributed by atoms with van der Waals surface area (Å²) in [5.74, 6) is -0.0702. The van der Waals surface area contributed by atoms with Crippen LogP contribution in [0.25, 0.3) is 16.0 Å². The number of benzene rings is 3. The zero-order valence-corrected chi connectivity index (χ0v) is 22.3. The second-order valence-electron chi connectivity index (χ2n) is 9.18. The standard InChI is InChI=1S/C30H26N2O6S/c1-3-17-5-7-18(8-6-17)26-25(27(33)19-9-12-22-23(15-19)38-14-13-37-22)28(34)29(35)32(26)30-31-21-11-10-20(36-4-2)16-24(21)39-30/h5-12,15-16,26,33H,3-4,13-14H2,1-2H3. The number of hydrogen-bond acceptors (Lipinski definition) is 8. The molecule has 1 N–H and O–H groups in total. The van der Waals surface area contributed by atoms with E-state index in [4.69, 9.17) is 14.2 Å². The number of thiazole rings is 1. The highest BCUT2D eigenvalue weighted by molar-refractivity contribution is 7.22. The van der Waals surface area contributed by atoms with Crippen LogP contribution in [0, 0.1) is 0 Å². The Morgan fingerprint density at radius 3 is 2.54 bits per heavy atom. The summed E-state index contributed by atoms with van der Waals surface area (Å²) in [7, 11) is 0. The number of rotatable bonds is 6. The molecule has 0 saturated carbocycles. The third-order valence-electron chi connectivity index (χ3n) is 6.83. The number of nitrogens with zero attached hydrogens (tertiary/aromatic N) is 2. The lowest BCUT2D eigenvalue weighted by atomic mass is 9.94. The summed E-state index contributed by atoms with van der Waals surface area (Å²) in [5.41, 5.74) is 2.85. The highest BCUT2D eigenvalue weighted by Gasteiger charge is 2.48. The first-order chi connectivity index (χ1) is 19.0. The summed E-state index contributed by atoms with van der Waals surface area (Å²) in [6, 6.07) is 17.3. The Bertz CT molecular complexity index is 1620. The normalized spacial score (nSPS) is 18.1. The van der Waals surface area contributed by atoms with Gasteiger partial charge in [0, 0.05) is 5.56 Å². The largest absolute Gasteiger partial charge is 0.507 e. The lowest BCUT2D eigenvalue weighted by molar-refractivity contribution is -0.132. The number of aromatic nitrogens is 1. The first-order valence-corrected chi connectivity index (χ1v) is 13.6. The van der Waals surface area contributed by atoms with Gasteiger partial charge in [-0.05, 0) is 60.9 Å². The van der Waals surface area contributed by atoms with Crippen LogP contribution in [-0.4, -0.2) is 41.6 Å². The van der Waals surface area contributed by atoms with Gasteiger partial charge in [-0.1, -0.05) is 42.5 Å². The second-order valence-corrected chi connectivity index (χ2v) is 10.2. The fraction of sp³-hybridized carbons (Fsp3) is 0.233. The number of carbonyl (C=O) groups excluding carboxylic acids is 2. The summed E-state index contributed by atoms with van der Waals surface area (Å²) < 4.78 is 17.7. The van der Waals surface area contributed by atoms with Crippen molar-refractivity contribution in [3.05, 3.63) is 82.9 Å². The molecule has 0 radical (unpaired) electrons. The van der Waals surface area contributed by atoms with Gasteiger partial charge >= 0.3 is 5.91 Å². The molecule has 0 bridgehead atoms. The molecule has 2 aliphatic rings. The van der Waals surface area contributed by atoms with Crippen molar-refractivity contribution >= 4 is 44.1 Å². The number of aliphatic hydroxyl groups excluding tert-OH is 1. The fourth-order valence-electron chi connectivity index (χ4n) is 4.88. The Labute approximate surface area is 229 Å². The lowest BCUT2D eigenvalue weighted by Crippen LogP contribution is -2.29. The van der Waals surface area contributed by atoms with Crippen molar-refractivity contribution in [3.63, 3.8) is 0 Å². The zero-order chi connectivity index (χ0) is 27.1. The fourth-order valence-corrected chi connectivity index (χ4v) is 5.90. The molecule has 8 nitrogen and oxygen atoms in total. The molecule has 39 heavy (non-hydrogen) atoms. The van der Waals surface area contributed by atoms with Gasteiger partial charge in [0.25, 0.3) is 5.78 Å². The van der Waals surface area contributed by atoms with Crippen molar-refractivity contribution < 1.29 is 28.9 Å². The Morgan fingerprint density at radius 2 is 1.79 bits per heavy atom. The van der Waals surface area contributed by atoms with Gasteiger partial charge in [0.05, 0.1) is 28.4 Å². The number of Topliss-reactive ketones (excluding diaryl/α,β-unsaturated/α-hetero) is 1. The van der Waals surface area contributed by atoms with E-state index in [1.54, 1.807) is 18.2 Å². The maximum atomic E-state index is 13.6. The molecule has 1 unspecified atom stereocenters. The molecular formula is C30H26N2O6S. The Balaban J connectivity index is 1.50. The topological polar surface area (TPSA) is 98.2 Å². The van der Waals surface area contributed by atoms with E-state index in [2.05, 4.69) is 11.9 Å². The molecule has 9 heteroatoms. The quantitative estimate of drug-likeness (QED) is 0.191. The van der Waals surface area contributed by atoms with Crippen molar-refractivity contribution in [2.45, 2.75) is 26.3 Å². The molecule has 0 aliphatic carbocycles. The van der Waals surface area contributed by atoms with E-state index in [9.17, 15) is 14.7 Å². The second kappa shape index (κ2) is 10.1. The van der Waals surface area contributed by atoms with E-state index in [1.807, 2.05) is 49.4 Å². The van der Waals surface area contributed by atoms with Gasteiger partial charge < -0.3 is 19.3 Å². The number of aryl methyl sites for hydroxylation is 1. The van der Waals surface area contributed by atoms with Crippen LogP contribution >= 0.6 is 11.3 Å². The average molecular weight is 543 g/mol. The molecule has 1 fully saturated rings. The predicted octanol–water partition coefficient (Wildman–Crippen LogP) is 5.65. The number of ketones is 1. The number of hydrogen-bond donors (Lipinski definition) is 1. The summed E-state index contributed by atoms with van der Waals surface area (Å²) in [6.45, 7) is 5.31. The van der Waals surface area contributed by atoms with E-state index in [0.717, 1.165) is 16.7 Å². The van der Waals surface area contributed by atoms with Crippen molar-refractivity contribution in [2.75, 3.05) is 24.7 Å². The Morgan fingerprint density at radius 1 is 1.03 bits per heavy atom. The molecule has 1 atom stereocenters. The SMILES string of the molecule is CCOc1ccc2nc(N3C(=O)C(=O)C(=C(O)c4ccc5c(c4)OCCO5)C3c3ccc(CC)cc3)sc2c1. The average Bonchev–Trinajstić information content (AvgIpc) is 3.50. The predicted molar refractivity (Wildman–Crippen MR) is 149 cm³/mol. The molecule has 3 aromatic carbocycles. The van der Waals surface area contributed by atoms with E-state index >= 15 is 0 Å². The van der Waals surface area contributed by atoms with Gasteiger partial charge in [-0.25, -0.2) is 4.98 Å². The minimum absolute atomic E-state index is 0.00446. The highest BCUT2D eigenvalue weighted by Crippen LogP contribution is 2.45. The number of amides is 1. The summed E-state index contributed by atoms with van der Waals surface area (Å²) in [4.78, 5) is 33.2. The third-order valence-corrected chi connectivity index (χ3v) is 7.85. The van der Waals surface area contributed by atoms with Crippen molar-refractivity contribution in [1.82, 2.24) is 4.98 Å². The van der Waals surface area contributed by atoms with Gasteiger partial charge in [-0.3, -0.25) is 14.5 Å². The van der Waals surface area contributed by atoms with Crippen LogP contribution in [0.1, 0.15) is 36.6 Å². The van der Waals surface area contributed by atoms with Crippen LogP contribution in [0.15, 0.2) is 66.2 Å². The Kier molecular flexibility index (Phi) is 6.44. The molecule has 1 amide bonds. The minimum Gasteiger partial charge on any atom is -0.507 e. The van der Waals surface area contributed by atoms with Crippen molar-refractivity contribution in [1.29, 1.82) is 0 Å². The molecule has 0 spiro atoms. The van der Waals surface area contributed by atoms with Crippen LogP contribution in [0.5, 0.6) is 17.2 Å². The van der Waals surface area contributed by atoms with Crippen LogP contribution < -0.4 is 19.1 Å². The molecule has 2 aliphatic heterocycles. The molecule has 4 aromatic rings. The van der Waals surface area contributed by atoms with Crippen molar-refractivity contribution in [3.8, 4) is 17.2 Å². The van der Waals surface area contributed by atoms with Gasteiger partial charge in [0.1, 0.15) is 24.7 Å². The minimum atomic E-state index is -0.865. The number of ether oxygens (including phenoxy) is 3. The molecular weight excluding hydrogens is 516 g/mol. The van der Waals surface area contributed by atoms with E-state index < -0.39 is 17.7 Å². The maximum absolute atomic E-state index is 13.6. The molecule has 6 rings (SSSR count). The van der Waals surface area contributed by atoms with Gasteiger partial charge in [-0.15, -0.1) is 0 Å². The number of carbonyl (C=O) groups is 2. The number of aliphatic hydroxyl groups is 1. The van der Waals surface area contributed by atoms with Crippen LogP contribution in [-0.2, 0) is 16.0 Å². The molecule has 1 saturated heterocycles. The maximum Gasteiger partial charge on any atom is 0.301 e. The van der Waals surface area contributed by atoms with Gasteiger partial charge in [0.2, 0.25) is 0 Å². The third kappa shape index (κ3) is 4.38. The number of fused-ring (bicyclic) bond motifs is 2. The summed E-state index contributed by atoms with van der Waals surface area (Å²) >= 11 is 1.30. The smallest absolute Gasteiger partial charge is 0.301 e. The van der Waals surface area contributed by atoms with Crippen LogP contribution in [0.4, 0.5) is 5.13 Å². The van der Waals surface area contributed by atoms with Gasteiger partial charge in [0.15, 0.2) is 16.6 Å². The van der Waals surface area contributed by atoms with E-state index in [1.165, 1.54) is 16.2 Å². The van der Waals surface area contributed by atoms with E-state index in [0.29, 0.717) is 58.8 Å². The highest BCUT2D eigenvalue weighted by atomic mass is 32.1. The van der Waals surface area contributed by atoms with Crippen LogP contribution in [0.3, 0.4) is 0 Å². The Hall–Kier alpha value is -4.37. The van der Waals surface area contributed by atoms with Crippen LogP contribution in [0.2, 0.25) is 0 Å². The number of anilines is 1. The first kappa shape index (κ1) is 24.9. The summed E-state index contributed by atoms with van der Waals surface area (Å²) in [5, 5.41) is 11.9. The lowest BCUT2D eigenvalue weighted by Gasteiger charge is -2.23. The summed E-state index contributed by atoms with van der Waals surface area (Å²) in [6.07, 6.45) is 0.845. The molecule has 1 aromatic heterocycles. The zero-order valence-electron chi connectivity index (χ0n) is 21.5. The monoisotopic (exact) mass is 542 g/mol. The first-order valence-electron chi connectivity index (χ1n) is 12.8. The van der Waals surface area contributed by atoms with Gasteiger partial charge in [-0.2, -0.15) is 0 Å². The van der Waals surface area contributed by atoms with E-state index in [-0.39, 0.29) is 11.3 Å².